The van der Waals surface area contributed by atoms with Crippen molar-refractivity contribution in [1.82, 2.24) is 0 Å². The number of hydrogen-bond acceptors (Lipinski definition) is 12. The van der Waals surface area contributed by atoms with Crippen LogP contribution in [0.25, 0.3) is 0 Å². The Hall–Kier alpha value is -0.0805. The first kappa shape index (κ1) is 24.9. The SMILES string of the molecule is [Fe].[O-][N+](O)(O)O.[O-][N+](O)(O)O.[O-][N+](O)(O)O. The van der Waals surface area contributed by atoms with E-state index < -0.39 is 15.4 Å². The van der Waals surface area contributed by atoms with Crippen LogP contribution in [-0.2, 0) is 17.1 Å². The van der Waals surface area contributed by atoms with Crippen molar-refractivity contribution in [2.24, 2.45) is 0 Å². The fourth-order valence-corrected chi connectivity index (χ4v) is 0. The van der Waals surface area contributed by atoms with Gasteiger partial charge in [0.05, 0.1) is 15.4 Å². The van der Waals surface area contributed by atoms with Crippen molar-refractivity contribution < 1.29 is 79.3 Å². The molecule has 0 heterocycles. The fraction of sp³-hybridized carbons (Fsp3) is 0. The molecular weight excluding hydrogens is 290 g/mol. The molecule has 0 saturated heterocycles. The molecule has 0 amide bonds. The minimum atomic E-state index is -3.25. The third-order valence-corrected chi connectivity index (χ3v) is 0. The maximum atomic E-state index is 8.71. The van der Waals surface area contributed by atoms with Crippen LogP contribution in [0.4, 0.5) is 0 Å². The van der Waals surface area contributed by atoms with Gasteiger partial charge >= 0.3 is 0 Å². The number of quaternary nitrogens is 3. The molecule has 0 spiro atoms. The molecule has 0 aliphatic rings. The second kappa shape index (κ2) is 9.00. The molecule has 0 fully saturated rings. The number of nitrogens with zero attached hydrogens (tertiary/aromatic N) is 3. The van der Waals surface area contributed by atoms with Crippen LogP contribution >= 0.6 is 0 Å². The van der Waals surface area contributed by atoms with E-state index in [9.17, 15) is 0 Å². The summed E-state index contributed by atoms with van der Waals surface area (Å²) in [7, 11) is 0. The van der Waals surface area contributed by atoms with Crippen LogP contribution in [0, 0.1) is 15.6 Å². The summed E-state index contributed by atoms with van der Waals surface area (Å²) in [6.45, 7) is 0. The second-order valence-corrected chi connectivity index (χ2v) is 1.54. The summed E-state index contributed by atoms with van der Waals surface area (Å²) >= 11 is 0. The average molecular weight is 299 g/mol. The van der Waals surface area contributed by atoms with E-state index >= 15 is 0 Å². The van der Waals surface area contributed by atoms with Gasteiger partial charge in [-0.3, -0.25) is 0 Å². The zero-order valence-corrected chi connectivity index (χ0v) is 8.05. The maximum Gasteiger partial charge on any atom is 0.0686 e. The van der Waals surface area contributed by atoms with Crippen molar-refractivity contribution in [2.75, 3.05) is 0 Å². The first-order valence-electron chi connectivity index (χ1n) is 2.35. The molecule has 16 heteroatoms. The Balaban J connectivity index is -0.0000000655. The number of hydrogen-bond donors (Lipinski definition) is 9. The van der Waals surface area contributed by atoms with Gasteiger partial charge in [-0.1, -0.05) is 0 Å². The third-order valence-electron chi connectivity index (χ3n) is 0. The smallest absolute Gasteiger partial charge is 0.0686 e. The van der Waals surface area contributed by atoms with Gasteiger partial charge in [0, 0.05) is 17.1 Å². The zero-order valence-electron chi connectivity index (χ0n) is 6.94. The van der Waals surface area contributed by atoms with Crippen molar-refractivity contribution in [2.45, 2.75) is 0 Å². The van der Waals surface area contributed by atoms with Crippen molar-refractivity contribution in [3.63, 3.8) is 0 Å². The largest absolute Gasteiger partial charge is 0.529 e. The van der Waals surface area contributed by atoms with Gasteiger partial charge in [0.25, 0.3) is 0 Å². The molecule has 0 aromatic carbocycles. The standard InChI is InChI=1S/Fe.3H3NO4/c;3*2-1(3,4)5/h;3*2-4H. The molecule has 0 aliphatic heterocycles. The van der Waals surface area contributed by atoms with E-state index in [1.807, 2.05) is 0 Å². The summed E-state index contributed by atoms with van der Waals surface area (Å²) in [6, 6.07) is 0. The molecule has 16 heavy (non-hydrogen) atoms. The van der Waals surface area contributed by atoms with E-state index in [0.29, 0.717) is 0 Å². The Morgan fingerprint density at radius 3 is 0.438 bits per heavy atom. The molecule has 0 aromatic rings. The first-order chi connectivity index (χ1) is 6.00. The van der Waals surface area contributed by atoms with Crippen LogP contribution in [0.3, 0.4) is 0 Å². The topological polar surface area (TPSA) is 251 Å². The van der Waals surface area contributed by atoms with Gasteiger partial charge < -0.3 is 15.6 Å². The van der Waals surface area contributed by atoms with E-state index in [4.69, 9.17) is 62.5 Å². The predicted octanol–water partition coefficient (Wildman–Crippen LogP) is -1.60. The van der Waals surface area contributed by atoms with Gasteiger partial charge in [-0.15, -0.1) is 46.9 Å². The summed E-state index contributed by atoms with van der Waals surface area (Å²) in [5, 5.41) is 79.5. The van der Waals surface area contributed by atoms with Gasteiger partial charge in [0.2, 0.25) is 0 Å². The quantitative estimate of drug-likeness (QED) is 0.139. The van der Waals surface area contributed by atoms with E-state index in [2.05, 4.69) is 0 Å². The van der Waals surface area contributed by atoms with Gasteiger partial charge in [-0.2, -0.15) is 0 Å². The second-order valence-electron chi connectivity index (χ2n) is 1.54. The Morgan fingerprint density at radius 2 is 0.438 bits per heavy atom. The van der Waals surface area contributed by atoms with Crippen LogP contribution in [0.5, 0.6) is 0 Å². The van der Waals surface area contributed by atoms with E-state index in [1.54, 1.807) is 0 Å². The van der Waals surface area contributed by atoms with Gasteiger partial charge in [0.1, 0.15) is 0 Å². The van der Waals surface area contributed by atoms with Crippen LogP contribution < -0.4 is 0 Å². The summed E-state index contributed by atoms with van der Waals surface area (Å²) in [5.41, 5.74) is 0. The molecule has 0 atom stereocenters. The Bertz CT molecular complexity index is 91.3. The molecule has 0 radical (unpaired) electrons. The summed E-state index contributed by atoms with van der Waals surface area (Å²) in [5.74, 6) is 0. The predicted molar refractivity (Wildman–Crippen MR) is 27.0 cm³/mol. The molecule has 0 bridgehead atoms. The molecule has 0 saturated carbocycles. The molecule has 104 valence electrons. The van der Waals surface area contributed by atoms with Crippen LogP contribution in [0.1, 0.15) is 0 Å². The van der Waals surface area contributed by atoms with E-state index in [0.717, 1.165) is 0 Å². The van der Waals surface area contributed by atoms with Crippen molar-refractivity contribution in [3.8, 4) is 0 Å². The molecule has 0 rings (SSSR count). The average Bonchev–Trinajstić information content (AvgIpc) is 1.41. The van der Waals surface area contributed by atoms with Crippen molar-refractivity contribution in [1.29, 1.82) is 0 Å². The maximum absolute atomic E-state index is 8.71. The molecular formula is H9FeN3O12. The summed E-state index contributed by atoms with van der Waals surface area (Å²) < 4.78 is 0. The Morgan fingerprint density at radius 1 is 0.438 bits per heavy atom. The molecule has 0 aliphatic carbocycles. The van der Waals surface area contributed by atoms with Crippen LogP contribution in [-0.4, -0.2) is 62.3 Å². The monoisotopic (exact) mass is 299 g/mol. The van der Waals surface area contributed by atoms with E-state index in [1.165, 1.54) is 0 Å². The Kier molecular flexibility index (Phi) is 14.0. The van der Waals surface area contributed by atoms with Gasteiger partial charge in [-0.25, -0.2) is 0 Å². The fourth-order valence-electron chi connectivity index (χ4n) is 0. The molecule has 15 nitrogen and oxygen atoms in total. The van der Waals surface area contributed by atoms with Crippen LogP contribution in [0.2, 0.25) is 0 Å². The molecule has 0 unspecified atom stereocenters. The first-order valence-corrected chi connectivity index (χ1v) is 2.35. The van der Waals surface area contributed by atoms with Gasteiger partial charge in [-0.05, 0) is 0 Å². The zero-order chi connectivity index (χ0) is 13.5. The number of rotatable bonds is 0. The normalized spacial score (nSPS) is 11.2. The summed E-state index contributed by atoms with van der Waals surface area (Å²) in [6.07, 6.45) is 0. The van der Waals surface area contributed by atoms with Crippen molar-refractivity contribution in [3.05, 3.63) is 15.6 Å². The molecule has 9 N–H and O–H groups in total. The summed E-state index contributed by atoms with van der Waals surface area (Å²) in [4.78, 5) is 0. The minimum absolute atomic E-state index is 0. The minimum Gasteiger partial charge on any atom is -0.529 e. The van der Waals surface area contributed by atoms with E-state index in [-0.39, 0.29) is 17.1 Å². The van der Waals surface area contributed by atoms with Gasteiger partial charge in [0.15, 0.2) is 0 Å². The van der Waals surface area contributed by atoms with Crippen LogP contribution in [0.15, 0.2) is 0 Å². The Labute approximate surface area is 95.9 Å². The van der Waals surface area contributed by atoms with Crippen molar-refractivity contribution >= 4 is 0 Å². The molecule has 0 aromatic heterocycles. The third kappa shape index (κ3) is 358000.